The van der Waals surface area contributed by atoms with Crippen molar-refractivity contribution in [2.45, 2.75) is 12.5 Å². The number of anilines is 1. The molecule has 0 saturated carbocycles. The van der Waals surface area contributed by atoms with Crippen LogP contribution in [0.25, 0.3) is 0 Å². The molecule has 2 fully saturated rings. The zero-order valence-electron chi connectivity index (χ0n) is 15.0. The molecule has 3 rings (SSSR count). The van der Waals surface area contributed by atoms with E-state index in [4.69, 9.17) is 27.9 Å². The van der Waals surface area contributed by atoms with E-state index >= 15 is 0 Å². The number of nitrogens with one attached hydrogen (secondary N) is 2. The summed E-state index contributed by atoms with van der Waals surface area (Å²) in [6.07, 6.45) is 2.75. The maximum Gasteiger partial charge on any atom is 0.193 e. The summed E-state index contributed by atoms with van der Waals surface area (Å²) in [5, 5.41) is 7.67. The smallest absolute Gasteiger partial charge is 0.193 e. The van der Waals surface area contributed by atoms with Gasteiger partial charge in [-0.1, -0.05) is 23.2 Å². The third-order valence-corrected chi connectivity index (χ3v) is 5.24. The van der Waals surface area contributed by atoms with Crippen LogP contribution < -0.4 is 10.6 Å². The molecule has 0 bridgehead atoms. The summed E-state index contributed by atoms with van der Waals surface area (Å²) in [7, 11) is 1.83. The van der Waals surface area contributed by atoms with E-state index in [0.29, 0.717) is 28.4 Å². The van der Waals surface area contributed by atoms with E-state index in [1.54, 1.807) is 12.3 Å². The van der Waals surface area contributed by atoms with Crippen LogP contribution in [0, 0.1) is 0 Å². The van der Waals surface area contributed by atoms with Crippen LogP contribution in [-0.2, 0) is 4.74 Å². The first-order valence-corrected chi connectivity index (χ1v) is 9.75. The molecule has 0 spiro atoms. The first kappa shape index (κ1) is 19.5. The molecule has 2 aliphatic heterocycles. The summed E-state index contributed by atoms with van der Waals surface area (Å²) < 4.78 is 5.45. The second-order valence-electron chi connectivity index (χ2n) is 6.42. The lowest BCUT2D eigenvalue weighted by Crippen LogP contribution is -2.47. The Balaban J connectivity index is 1.42. The average Bonchev–Trinajstić information content (AvgIpc) is 3.14. The summed E-state index contributed by atoms with van der Waals surface area (Å²) in [4.78, 5) is 13.5. The minimum Gasteiger partial charge on any atom is -0.379 e. The van der Waals surface area contributed by atoms with Crippen molar-refractivity contribution in [3.8, 4) is 0 Å². The van der Waals surface area contributed by atoms with Crippen LogP contribution in [0.2, 0.25) is 10.0 Å². The molecule has 2 aliphatic rings. The van der Waals surface area contributed by atoms with Crippen molar-refractivity contribution in [2.24, 2.45) is 4.99 Å². The molecule has 144 valence electrons. The summed E-state index contributed by atoms with van der Waals surface area (Å²) in [5.41, 5.74) is 0. The van der Waals surface area contributed by atoms with Gasteiger partial charge in [0.2, 0.25) is 0 Å². The van der Waals surface area contributed by atoms with E-state index in [-0.39, 0.29) is 0 Å². The van der Waals surface area contributed by atoms with Crippen LogP contribution in [0.5, 0.6) is 0 Å². The minimum atomic E-state index is 0.523. The molecular formula is C17H26Cl2N6O. The number of halogens is 2. The van der Waals surface area contributed by atoms with Gasteiger partial charge in [0.05, 0.1) is 23.3 Å². The standard InChI is InChI=1S/C17H26Cl2N6O/c1-20-17(22-4-3-21-16-15(19)10-13(18)11-23-16)25-5-2-14(12-25)24-6-8-26-9-7-24/h10-11,14H,2-9,12H2,1H3,(H,20,22)(H,21,23). The van der Waals surface area contributed by atoms with E-state index in [9.17, 15) is 0 Å². The normalized spacial score (nSPS) is 21.9. The van der Waals surface area contributed by atoms with E-state index in [0.717, 1.165) is 51.9 Å². The highest BCUT2D eigenvalue weighted by molar-refractivity contribution is 6.35. The summed E-state index contributed by atoms with van der Waals surface area (Å²) in [5.74, 6) is 1.58. The van der Waals surface area contributed by atoms with Crippen LogP contribution in [0.15, 0.2) is 17.3 Å². The number of aromatic nitrogens is 1. The van der Waals surface area contributed by atoms with Crippen LogP contribution in [0.4, 0.5) is 5.82 Å². The van der Waals surface area contributed by atoms with Crippen molar-refractivity contribution in [2.75, 3.05) is 64.8 Å². The maximum atomic E-state index is 6.12. The van der Waals surface area contributed by atoms with E-state index in [1.165, 1.54) is 6.42 Å². The van der Waals surface area contributed by atoms with Gasteiger partial charge in [-0.25, -0.2) is 4.98 Å². The van der Waals surface area contributed by atoms with Crippen LogP contribution in [-0.4, -0.2) is 86.3 Å². The Kier molecular flexibility index (Phi) is 7.19. The fourth-order valence-electron chi connectivity index (χ4n) is 3.41. The number of hydrogen-bond acceptors (Lipinski definition) is 5. The summed E-state index contributed by atoms with van der Waals surface area (Å²) in [6, 6.07) is 2.27. The zero-order chi connectivity index (χ0) is 18.4. The molecule has 3 heterocycles. The molecule has 1 unspecified atom stereocenters. The Morgan fingerprint density at radius 2 is 2.12 bits per heavy atom. The number of nitrogens with zero attached hydrogens (tertiary/aromatic N) is 4. The van der Waals surface area contributed by atoms with Crippen LogP contribution in [0.3, 0.4) is 0 Å². The fraction of sp³-hybridized carbons (Fsp3) is 0.647. The van der Waals surface area contributed by atoms with Crippen molar-refractivity contribution in [3.63, 3.8) is 0 Å². The maximum absolute atomic E-state index is 6.12. The molecule has 1 atom stereocenters. The van der Waals surface area contributed by atoms with Crippen LogP contribution in [0.1, 0.15) is 6.42 Å². The quantitative estimate of drug-likeness (QED) is 0.446. The first-order valence-electron chi connectivity index (χ1n) is 8.99. The highest BCUT2D eigenvalue weighted by Crippen LogP contribution is 2.22. The van der Waals surface area contributed by atoms with Crippen molar-refractivity contribution < 1.29 is 4.74 Å². The molecule has 0 amide bonds. The van der Waals surface area contributed by atoms with Gasteiger partial charge in [-0.2, -0.15) is 0 Å². The summed E-state index contributed by atoms with van der Waals surface area (Å²) in [6.45, 7) is 7.21. The lowest BCUT2D eigenvalue weighted by atomic mass is 10.2. The molecule has 0 radical (unpaired) electrons. The molecule has 1 aromatic heterocycles. The van der Waals surface area contributed by atoms with Crippen LogP contribution >= 0.6 is 23.2 Å². The molecule has 1 aromatic rings. The first-order chi connectivity index (χ1) is 12.7. The number of likely N-dealkylation sites (tertiary alicyclic amines) is 1. The topological polar surface area (TPSA) is 65.0 Å². The molecule has 9 heteroatoms. The lowest BCUT2D eigenvalue weighted by molar-refractivity contribution is 0.0195. The largest absolute Gasteiger partial charge is 0.379 e. The number of aliphatic imine (C=N–C) groups is 1. The minimum absolute atomic E-state index is 0.523. The van der Waals surface area contributed by atoms with Gasteiger partial charge in [0.1, 0.15) is 5.82 Å². The van der Waals surface area contributed by atoms with E-state index in [2.05, 4.69) is 30.4 Å². The van der Waals surface area contributed by atoms with Gasteiger partial charge in [0.25, 0.3) is 0 Å². The van der Waals surface area contributed by atoms with Gasteiger partial charge in [-0.3, -0.25) is 9.89 Å². The van der Waals surface area contributed by atoms with Gasteiger partial charge in [0, 0.05) is 58.6 Å². The van der Waals surface area contributed by atoms with Crippen molar-refractivity contribution in [1.82, 2.24) is 20.1 Å². The van der Waals surface area contributed by atoms with Gasteiger partial charge in [-0.05, 0) is 12.5 Å². The van der Waals surface area contributed by atoms with Crippen molar-refractivity contribution >= 4 is 35.0 Å². The number of rotatable bonds is 5. The van der Waals surface area contributed by atoms with Crippen molar-refractivity contribution in [3.05, 3.63) is 22.3 Å². The van der Waals surface area contributed by atoms with Gasteiger partial charge in [-0.15, -0.1) is 0 Å². The molecular weight excluding hydrogens is 375 g/mol. The van der Waals surface area contributed by atoms with Gasteiger partial charge < -0.3 is 20.3 Å². The monoisotopic (exact) mass is 400 g/mol. The highest BCUT2D eigenvalue weighted by atomic mass is 35.5. The average molecular weight is 401 g/mol. The number of hydrogen-bond donors (Lipinski definition) is 2. The second kappa shape index (κ2) is 9.60. The van der Waals surface area contributed by atoms with Gasteiger partial charge >= 0.3 is 0 Å². The fourth-order valence-corrected chi connectivity index (χ4v) is 3.85. The van der Waals surface area contributed by atoms with E-state index < -0.39 is 0 Å². The third kappa shape index (κ3) is 5.13. The number of pyridine rings is 1. The molecule has 7 nitrogen and oxygen atoms in total. The van der Waals surface area contributed by atoms with Crippen molar-refractivity contribution in [1.29, 1.82) is 0 Å². The molecule has 0 aromatic carbocycles. The number of guanidine groups is 1. The van der Waals surface area contributed by atoms with Gasteiger partial charge in [0.15, 0.2) is 5.96 Å². The third-order valence-electron chi connectivity index (χ3n) is 4.75. The Hall–Kier alpha value is -1.28. The molecule has 26 heavy (non-hydrogen) atoms. The number of morpholine rings is 1. The predicted octanol–water partition coefficient (Wildman–Crippen LogP) is 1.78. The molecule has 2 N–H and O–H groups in total. The SMILES string of the molecule is CN=C(NCCNc1ncc(Cl)cc1Cl)N1CCC(N2CCOCC2)C1. The van der Waals surface area contributed by atoms with E-state index in [1.807, 2.05) is 7.05 Å². The summed E-state index contributed by atoms with van der Waals surface area (Å²) >= 11 is 12.0. The Morgan fingerprint density at radius 3 is 2.85 bits per heavy atom. The predicted molar refractivity (Wildman–Crippen MR) is 106 cm³/mol. The Bertz CT molecular complexity index is 623. The Labute approximate surface area is 164 Å². The lowest BCUT2D eigenvalue weighted by Gasteiger charge is -2.32. The Morgan fingerprint density at radius 1 is 1.31 bits per heavy atom. The molecule has 0 aliphatic carbocycles. The number of ether oxygens (including phenoxy) is 1. The molecule has 2 saturated heterocycles. The zero-order valence-corrected chi connectivity index (χ0v) is 16.6. The highest BCUT2D eigenvalue weighted by Gasteiger charge is 2.30. The second-order valence-corrected chi connectivity index (χ2v) is 7.27.